The average Bonchev–Trinajstić information content (AvgIpc) is 3.00. The Labute approximate surface area is 158 Å². The highest BCUT2D eigenvalue weighted by molar-refractivity contribution is 6.35. The van der Waals surface area contributed by atoms with Crippen LogP contribution < -0.4 is 4.74 Å². The molecule has 2 rings (SSSR count). The molecule has 7 heteroatoms. The van der Waals surface area contributed by atoms with E-state index < -0.39 is 5.60 Å². The van der Waals surface area contributed by atoms with Crippen molar-refractivity contribution in [2.45, 2.75) is 52.1 Å². The van der Waals surface area contributed by atoms with Crippen LogP contribution in [-0.2, 0) is 6.42 Å². The number of halogens is 2. The number of hydrogen-bond donors (Lipinski definition) is 2. The SMILES string of the molecule is CC(C)(C)C(O)(CCCCOc1ccc(Cl)cc1Cl)Cc1nc[nH]n1. The molecule has 138 valence electrons. The lowest BCUT2D eigenvalue weighted by atomic mass is 9.71. The Morgan fingerprint density at radius 3 is 2.56 bits per heavy atom. The number of hydrogen-bond acceptors (Lipinski definition) is 4. The van der Waals surface area contributed by atoms with Gasteiger partial charge in [0, 0.05) is 11.4 Å². The topological polar surface area (TPSA) is 71.0 Å². The zero-order chi connectivity index (χ0) is 18.5. The second-order valence-electron chi connectivity index (χ2n) is 7.25. The molecule has 2 aromatic rings. The maximum Gasteiger partial charge on any atom is 0.153 e. The lowest BCUT2D eigenvalue weighted by Gasteiger charge is -2.40. The third-order valence-electron chi connectivity index (χ3n) is 4.45. The molecule has 0 saturated heterocycles. The van der Waals surface area contributed by atoms with Crippen molar-refractivity contribution in [1.82, 2.24) is 15.2 Å². The first-order chi connectivity index (χ1) is 11.7. The molecule has 0 amide bonds. The Morgan fingerprint density at radius 1 is 1.20 bits per heavy atom. The highest BCUT2D eigenvalue weighted by Crippen LogP contribution is 2.37. The fraction of sp³-hybridized carbons (Fsp3) is 0.556. The first-order valence-corrected chi connectivity index (χ1v) is 9.12. The normalized spacial score (nSPS) is 14.3. The van der Waals surface area contributed by atoms with E-state index in [1.54, 1.807) is 18.2 Å². The molecule has 0 radical (unpaired) electrons. The summed E-state index contributed by atoms with van der Waals surface area (Å²) >= 11 is 12.0. The number of rotatable bonds is 8. The predicted molar refractivity (Wildman–Crippen MR) is 100 cm³/mol. The summed E-state index contributed by atoms with van der Waals surface area (Å²) < 4.78 is 5.70. The Morgan fingerprint density at radius 2 is 1.96 bits per heavy atom. The molecule has 0 aliphatic carbocycles. The molecule has 1 aromatic heterocycles. The summed E-state index contributed by atoms with van der Waals surface area (Å²) in [5.41, 5.74) is -1.17. The van der Waals surface area contributed by atoms with Gasteiger partial charge < -0.3 is 9.84 Å². The molecule has 1 aromatic carbocycles. The second kappa shape index (κ2) is 8.39. The van der Waals surface area contributed by atoms with Gasteiger partial charge in [0.25, 0.3) is 0 Å². The van der Waals surface area contributed by atoms with E-state index in [4.69, 9.17) is 27.9 Å². The van der Waals surface area contributed by atoms with Gasteiger partial charge in [-0.3, -0.25) is 5.10 Å². The summed E-state index contributed by atoms with van der Waals surface area (Å²) in [4.78, 5) is 4.14. The molecular formula is C18H25Cl2N3O2. The van der Waals surface area contributed by atoms with Gasteiger partial charge in [0.2, 0.25) is 0 Å². The van der Waals surface area contributed by atoms with Crippen LogP contribution in [0, 0.1) is 5.41 Å². The number of aromatic amines is 1. The van der Waals surface area contributed by atoms with Crippen LogP contribution in [0.5, 0.6) is 5.75 Å². The van der Waals surface area contributed by atoms with E-state index in [1.165, 1.54) is 6.33 Å². The van der Waals surface area contributed by atoms with Crippen molar-refractivity contribution in [2.24, 2.45) is 5.41 Å². The Hall–Kier alpha value is -1.30. The fourth-order valence-electron chi connectivity index (χ4n) is 2.60. The quantitative estimate of drug-likeness (QED) is 0.647. The minimum Gasteiger partial charge on any atom is -0.492 e. The van der Waals surface area contributed by atoms with Gasteiger partial charge in [-0.2, -0.15) is 5.10 Å². The van der Waals surface area contributed by atoms with Crippen LogP contribution in [0.4, 0.5) is 0 Å². The molecule has 25 heavy (non-hydrogen) atoms. The molecule has 0 bridgehead atoms. The first kappa shape index (κ1) is 20.0. The molecule has 5 nitrogen and oxygen atoms in total. The standard InChI is InChI=1S/C18H25Cl2N3O2/c1-17(2,3)18(24,11-16-21-12-22-23-16)8-4-5-9-25-15-7-6-13(19)10-14(15)20/h6-7,10,12,24H,4-5,8-9,11H2,1-3H3,(H,21,22,23). The molecule has 0 saturated carbocycles. The average molecular weight is 386 g/mol. The van der Waals surface area contributed by atoms with E-state index in [9.17, 15) is 5.11 Å². The van der Waals surface area contributed by atoms with Gasteiger partial charge in [-0.05, 0) is 42.9 Å². The number of nitrogens with one attached hydrogen (secondary N) is 1. The van der Waals surface area contributed by atoms with E-state index in [0.29, 0.717) is 41.1 Å². The van der Waals surface area contributed by atoms with Crippen LogP contribution in [0.3, 0.4) is 0 Å². The van der Waals surface area contributed by atoms with Crippen molar-refractivity contribution < 1.29 is 9.84 Å². The van der Waals surface area contributed by atoms with E-state index >= 15 is 0 Å². The van der Waals surface area contributed by atoms with E-state index in [0.717, 1.165) is 12.8 Å². The maximum absolute atomic E-state index is 11.1. The number of ether oxygens (including phenoxy) is 1. The van der Waals surface area contributed by atoms with Crippen molar-refractivity contribution in [3.05, 3.63) is 40.4 Å². The molecule has 0 aliphatic heterocycles. The molecular weight excluding hydrogens is 361 g/mol. The summed E-state index contributed by atoms with van der Waals surface area (Å²) in [6.45, 7) is 6.62. The maximum atomic E-state index is 11.1. The van der Waals surface area contributed by atoms with Crippen LogP contribution in [-0.4, -0.2) is 32.5 Å². The van der Waals surface area contributed by atoms with Gasteiger partial charge in [0.15, 0.2) is 5.82 Å². The minimum atomic E-state index is -0.882. The van der Waals surface area contributed by atoms with E-state index in [2.05, 4.69) is 15.2 Å². The van der Waals surface area contributed by atoms with Crippen molar-refractivity contribution >= 4 is 23.2 Å². The Balaban J connectivity index is 1.84. The smallest absolute Gasteiger partial charge is 0.153 e. The van der Waals surface area contributed by atoms with Crippen molar-refractivity contribution in [3.8, 4) is 5.75 Å². The highest BCUT2D eigenvalue weighted by atomic mass is 35.5. The minimum absolute atomic E-state index is 0.284. The van der Waals surface area contributed by atoms with Crippen molar-refractivity contribution in [2.75, 3.05) is 6.61 Å². The molecule has 2 N–H and O–H groups in total. The lowest BCUT2D eigenvalue weighted by molar-refractivity contribution is -0.0674. The van der Waals surface area contributed by atoms with Crippen LogP contribution >= 0.6 is 23.2 Å². The van der Waals surface area contributed by atoms with Crippen molar-refractivity contribution in [3.63, 3.8) is 0 Å². The molecule has 0 aliphatic rings. The summed E-state index contributed by atoms with van der Waals surface area (Å²) in [6, 6.07) is 5.17. The largest absolute Gasteiger partial charge is 0.492 e. The fourth-order valence-corrected chi connectivity index (χ4v) is 3.07. The van der Waals surface area contributed by atoms with Crippen LogP contribution in [0.2, 0.25) is 10.0 Å². The molecule has 1 atom stereocenters. The van der Waals surface area contributed by atoms with Gasteiger partial charge in [-0.1, -0.05) is 44.0 Å². The number of H-pyrrole nitrogens is 1. The summed E-state index contributed by atoms with van der Waals surface area (Å²) in [6.07, 6.45) is 4.23. The zero-order valence-electron chi connectivity index (χ0n) is 14.9. The number of benzene rings is 1. The van der Waals surface area contributed by atoms with Crippen LogP contribution in [0.1, 0.15) is 45.9 Å². The van der Waals surface area contributed by atoms with Gasteiger partial charge >= 0.3 is 0 Å². The Kier molecular flexibility index (Phi) is 6.72. The van der Waals surface area contributed by atoms with Gasteiger partial charge in [-0.25, -0.2) is 4.98 Å². The second-order valence-corrected chi connectivity index (χ2v) is 8.10. The van der Waals surface area contributed by atoms with E-state index in [1.807, 2.05) is 20.8 Å². The molecule has 0 fully saturated rings. The third-order valence-corrected chi connectivity index (χ3v) is 4.98. The van der Waals surface area contributed by atoms with Crippen LogP contribution in [0.25, 0.3) is 0 Å². The number of nitrogens with zero attached hydrogens (tertiary/aromatic N) is 2. The van der Waals surface area contributed by atoms with Gasteiger partial charge in [0.05, 0.1) is 17.2 Å². The lowest BCUT2D eigenvalue weighted by Crippen LogP contribution is -2.45. The van der Waals surface area contributed by atoms with Crippen LogP contribution in [0.15, 0.2) is 24.5 Å². The van der Waals surface area contributed by atoms with Gasteiger partial charge in [-0.15, -0.1) is 0 Å². The number of aromatic nitrogens is 3. The first-order valence-electron chi connectivity index (χ1n) is 8.36. The summed E-state index contributed by atoms with van der Waals surface area (Å²) in [5.74, 6) is 1.25. The third kappa shape index (κ3) is 5.59. The Bertz CT molecular complexity index is 671. The molecule has 1 unspecified atom stereocenters. The number of aliphatic hydroxyl groups is 1. The highest BCUT2D eigenvalue weighted by Gasteiger charge is 2.40. The summed E-state index contributed by atoms with van der Waals surface area (Å²) in [5, 5.41) is 19.0. The van der Waals surface area contributed by atoms with E-state index in [-0.39, 0.29) is 5.41 Å². The number of unbranched alkanes of at least 4 members (excludes halogenated alkanes) is 1. The molecule has 0 spiro atoms. The summed E-state index contributed by atoms with van der Waals surface area (Å²) in [7, 11) is 0. The molecule has 1 heterocycles. The van der Waals surface area contributed by atoms with Gasteiger partial charge in [0.1, 0.15) is 12.1 Å². The zero-order valence-corrected chi connectivity index (χ0v) is 16.4. The monoisotopic (exact) mass is 385 g/mol. The van der Waals surface area contributed by atoms with Crippen molar-refractivity contribution in [1.29, 1.82) is 0 Å². The predicted octanol–water partition coefficient (Wildman–Crippen LogP) is 4.68.